The summed E-state index contributed by atoms with van der Waals surface area (Å²) in [6.07, 6.45) is 5.14. The van der Waals surface area contributed by atoms with Gasteiger partial charge < -0.3 is 19.4 Å². The number of carbonyl (C=O) groups is 1. The summed E-state index contributed by atoms with van der Waals surface area (Å²) in [5.74, 6) is 1.84. The normalized spacial score (nSPS) is 11.7. The Balaban J connectivity index is 1.90. The van der Waals surface area contributed by atoms with Crippen molar-refractivity contribution >= 4 is 11.8 Å². The lowest BCUT2D eigenvalue weighted by Crippen LogP contribution is -2.17. The maximum Gasteiger partial charge on any atom is 0.339 e. The van der Waals surface area contributed by atoms with Crippen LogP contribution in [0.2, 0.25) is 0 Å². The summed E-state index contributed by atoms with van der Waals surface area (Å²) in [5.41, 5.74) is 1.40. The van der Waals surface area contributed by atoms with Gasteiger partial charge in [-0.1, -0.05) is 12.1 Å². The standard InChI is InChI=1S/C20H22N4O3/c1-4-27-20(25)15-8-9-17(22-13-15)23-18(19-21-10-11-24(19)2)14-6-5-7-16(12-14)26-3/h5-13,18H,4H2,1-3H3,(H,22,23). The zero-order chi connectivity index (χ0) is 19.2. The van der Waals surface area contributed by atoms with Crippen molar-refractivity contribution in [1.82, 2.24) is 14.5 Å². The van der Waals surface area contributed by atoms with Crippen LogP contribution in [0.25, 0.3) is 0 Å². The van der Waals surface area contributed by atoms with E-state index in [-0.39, 0.29) is 12.0 Å². The molecule has 2 heterocycles. The van der Waals surface area contributed by atoms with Gasteiger partial charge in [-0.05, 0) is 36.8 Å². The first-order chi connectivity index (χ1) is 13.1. The fourth-order valence-corrected chi connectivity index (χ4v) is 2.74. The van der Waals surface area contributed by atoms with Gasteiger partial charge in [-0.15, -0.1) is 0 Å². The summed E-state index contributed by atoms with van der Waals surface area (Å²) in [5, 5.41) is 3.39. The van der Waals surface area contributed by atoms with Crippen LogP contribution in [0.4, 0.5) is 5.82 Å². The summed E-state index contributed by atoms with van der Waals surface area (Å²) in [4.78, 5) is 20.6. The Kier molecular flexibility index (Phi) is 5.71. The van der Waals surface area contributed by atoms with Crippen molar-refractivity contribution in [2.24, 2.45) is 7.05 Å². The molecule has 3 aromatic rings. The largest absolute Gasteiger partial charge is 0.497 e. The predicted molar refractivity (Wildman–Crippen MR) is 102 cm³/mol. The number of aryl methyl sites for hydroxylation is 1. The van der Waals surface area contributed by atoms with E-state index < -0.39 is 0 Å². The highest BCUT2D eigenvalue weighted by Crippen LogP contribution is 2.27. The molecular formula is C20H22N4O3. The molecule has 0 spiro atoms. The SMILES string of the molecule is CCOC(=O)c1ccc(NC(c2cccc(OC)c2)c2nccn2C)nc1. The minimum atomic E-state index is -0.384. The van der Waals surface area contributed by atoms with Crippen LogP contribution in [0.5, 0.6) is 5.75 Å². The maximum absolute atomic E-state index is 11.8. The summed E-state index contributed by atoms with van der Waals surface area (Å²) in [6.45, 7) is 2.10. The Morgan fingerprint density at radius 2 is 2.11 bits per heavy atom. The van der Waals surface area contributed by atoms with E-state index in [0.29, 0.717) is 18.0 Å². The molecule has 1 aromatic carbocycles. The van der Waals surface area contributed by atoms with Crippen molar-refractivity contribution in [3.63, 3.8) is 0 Å². The van der Waals surface area contributed by atoms with Crippen LogP contribution >= 0.6 is 0 Å². The van der Waals surface area contributed by atoms with Gasteiger partial charge in [0.15, 0.2) is 0 Å². The minimum absolute atomic E-state index is 0.235. The van der Waals surface area contributed by atoms with Gasteiger partial charge in [0.05, 0.1) is 19.3 Å². The van der Waals surface area contributed by atoms with Crippen LogP contribution in [0.1, 0.15) is 34.7 Å². The average Bonchev–Trinajstić information content (AvgIpc) is 3.12. The summed E-state index contributed by atoms with van der Waals surface area (Å²) in [7, 11) is 3.58. The third-order valence-corrected chi connectivity index (χ3v) is 4.11. The molecule has 0 fully saturated rings. The van der Waals surface area contributed by atoms with Gasteiger partial charge in [0, 0.05) is 25.6 Å². The van der Waals surface area contributed by atoms with Gasteiger partial charge in [-0.2, -0.15) is 0 Å². The number of methoxy groups -OCH3 is 1. The molecule has 0 aliphatic heterocycles. The van der Waals surface area contributed by atoms with Crippen LogP contribution in [-0.2, 0) is 11.8 Å². The number of rotatable bonds is 7. The van der Waals surface area contributed by atoms with Gasteiger partial charge >= 0.3 is 5.97 Å². The van der Waals surface area contributed by atoms with Crippen LogP contribution in [0.3, 0.4) is 0 Å². The highest BCUT2D eigenvalue weighted by Gasteiger charge is 2.19. The second-order valence-electron chi connectivity index (χ2n) is 5.90. The number of ether oxygens (including phenoxy) is 2. The number of carbonyl (C=O) groups excluding carboxylic acids is 1. The smallest absolute Gasteiger partial charge is 0.339 e. The number of anilines is 1. The average molecular weight is 366 g/mol. The molecule has 2 aromatic heterocycles. The van der Waals surface area contributed by atoms with E-state index in [2.05, 4.69) is 15.3 Å². The maximum atomic E-state index is 11.8. The van der Waals surface area contributed by atoms with Crippen molar-refractivity contribution in [2.45, 2.75) is 13.0 Å². The number of pyridine rings is 1. The lowest BCUT2D eigenvalue weighted by atomic mass is 10.1. The second kappa shape index (κ2) is 8.35. The van der Waals surface area contributed by atoms with Crippen molar-refractivity contribution in [1.29, 1.82) is 0 Å². The van der Waals surface area contributed by atoms with E-state index in [0.717, 1.165) is 17.1 Å². The molecule has 1 N–H and O–H groups in total. The van der Waals surface area contributed by atoms with Gasteiger partial charge in [0.2, 0.25) is 0 Å². The number of nitrogens with zero attached hydrogens (tertiary/aromatic N) is 3. The van der Waals surface area contributed by atoms with Crippen LogP contribution in [0.15, 0.2) is 55.0 Å². The number of aromatic nitrogens is 3. The number of hydrogen-bond acceptors (Lipinski definition) is 6. The number of esters is 1. The molecule has 0 radical (unpaired) electrons. The number of benzene rings is 1. The van der Waals surface area contributed by atoms with Gasteiger partial charge in [0.1, 0.15) is 23.4 Å². The minimum Gasteiger partial charge on any atom is -0.497 e. The van der Waals surface area contributed by atoms with Gasteiger partial charge in [-0.25, -0.2) is 14.8 Å². The van der Waals surface area contributed by atoms with Crippen molar-refractivity contribution in [2.75, 3.05) is 19.0 Å². The topological polar surface area (TPSA) is 78.3 Å². The molecule has 3 rings (SSSR count). The molecule has 0 aliphatic carbocycles. The molecule has 0 aliphatic rings. The molecular weight excluding hydrogens is 344 g/mol. The molecule has 0 bridgehead atoms. The zero-order valence-electron chi connectivity index (χ0n) is 15.5. The Bertz CT molecular complexity index is 906. The molecule has 0 amide bonds. The number of nitrogens with one attached hydrogen (secondary N) is 1. The van der Waals surface area contributed by atoms with Gasteiger partial charge in [0.25, 0.3) is 0 Å². The van der Waals surface area contributed by atoms with E-state index in [1.165, 1.54) is 6.20 Å². The highest BCUT2D eigenvalue weighted by atomic mass is 16.5. The first-order valence-corrected chi connectivity index (χ1v) is 8.63. The van der Waals surface area contributed by atoms with E-state index in [4.69, 9.17) is 9.47 Å². The first kappa shape index (κ1) is 18.4. The van der Waals surface area contributed by atoms with Crippen LogP contribution < -0.4 is 10.1 Å². The number of imidazole rings is 1. The van der Waals surface area contributed by atoms with Crippen molar-refractivity contribution in [3.05, 3.63) is 71.9 Å². The lowest BCUT2D eigenvalue weighted by Gasteiger charge is -2.20. The van der Waals surface area contributed by atoms with Crippen LogP contribution in [0, 0.1) is 0 Å². The molecule has 7 heteroatoms. The molecule has 140 valence electrons. The molecule has 1 unspecified atom stereocenters. The molecule has 7 nitrogen and oxygen atoms in total. The van der Waals surface area contributed by atoms with E-state index >= 15 is 0 Å². The fraction of sp³-hybridized carbons (Fsp3) is 0.250. The Labute approximate surface area is 158 Å². The second-order valence-corrected chi connectivity index (χ2v) is 5.90. The fourth-order valence-electron chi connectivity index (χ4n) is 2.74. The summed E-state index contributed by atoms with van der Waals surface area (Å²) >= 11 is 0. The number of hydrogen-bond donors (Lipinski definition) is 1. The summed E-state index contributed by atoms with van der Waals surface area (Å²) < 4.78 is 12.3. The van der Waals surface area contributed by atoms with E-state index in [1.54, 1.807) is 32.4 Å². The van der Waals surface area contributed by atoms with Crippen molar-refractivity contribution < 1.29 is 14.3 Å². The third kappa shape index (κ3) is 4.25. The predicted octanol–water partition coefficient (Wildman–Crippen LogP) is 3.20. The Morgan fingerprint density at radius 3 is 2.74 bits per heavy atom. The first-order valence-electron chi connectivity index (χ1n) is 8.63. The van der Waals surface area contributed by atoms with E-state index in [9.17, 15) is 4.79 Å². The molecule has 0 saturated heterocycles. The molecule has 1 atom stereocenters. The highest BCUT2D eigenvalue weighted by molar-refractivity contribution is 5.89. The van der Waals surface area contributed by atoms with Gasteiger partial charge in [-0.3, -0.25) is 0 Å². The molecule has 0 saturated carbocycles. The quantitative estimate of drug-likeness (QED) is 0.647. The lowest BCUT2D eigenvalue weighted by molar-refractivity contribution is 0.0526. The monoisotopic (exact) mass is 366 g/mol. The Morgan fingerprint density at radius 1 is 1.26 bits per heavy atom. The summed E-state index contributed by atoms with van der Waals surface area (Å²) in [6, 6.07) is 11.0. The third-order valence-electron chi connectivity index (χ3n) is 4.11. The zero-order valence-corrected chi connectivity index (χ0v) is 15.5. The molecule has 27 heavy (non-hydrogen) atoms. The van der Waals surface area contributed by atoms with Crippen LogP contribution in [-0.4, -0.2) is 34.2 Å². The Hall–Kier alpha value is -3.35. The van der Waals surface area contributed by atoms with E-state index in [1.807, 2.05) is 42.1 Å². The van der Waals surface area contributed by atoms with Crippen molar-refractivity contribution in [3.8, 4) is 5.75 Å².